The number of hydrogen-bond acceptors (Lipinski definition) is 7. The average molecular weight is 362 g/mol. The van der Waals surface area contributed by atoms with Crippen molar-refractivity contribution in [3.8, 4) is 11.5 Å². The second-order valence-electron chi connectivity index (χ2n) is 5.85. The molecule has 0 aliphatic rings. The van der Waals surface area contributed by atoms with E-state index in [1.807, 2.05) is 53.8 Å². The van der Waals surface area contributed by atoms with Crippen LogP contribution < -0.4 is 14.9 Å². The molecule has 4 aromatic rings. The molecule has 0 aliphatic heterocycles. The third-order valence-corrected chi connectivity index (χ3v) is 4.26. The third kappa shape index (κ3) is 3.01. The number of hydrogen-bond donors (Lipinski definition) is 1. The molecule has 136 valence electrons. The Hall–Kier alpha value is -3.68. The van der Waals surface area contributed by atoms with E-state index in [2.05, 4.69) is 25.7 Å². The van der Waals surface area contributed by atoms with Gasteiger partial charge in [0.1, 0.15) is 6.33 Å². The van der Waals surface area contributed by atoms with Crippen molar-refractivity contribution < 1.29 is 9.47 Å². The molecule has 0 atom stereocenters. The van der Waals surface area contributed by atoms with Crippen molar-refractivity contribution in [1.29, 1.82) is 0 Å². The van der Waals surface area contributed by atoms with Gasteiger partial charge in [-0.15, -0.1) is 10.2 Å². The van der Waals surface area contributed by atoms with Crippen molar-refractivity contribution in [3.63, 3.8) is 0 Å². The van der Waals surface area contributed by atoms with Gasteiger partial charge >= 0.3 is 0 Å². The lowest BCUT2D eigenvalue weighted by molar-refractivity contribution is 0.355. The Morgan fingerprint density at radius 2 is 1.89 bits per heavy atom. The topological polar surface area (TPSA) is 85.9 Å². The highest BCUT2D eigenvalue weighted by molar-refractivity contribution is 5.99. The maximum absolute atomic E-state index is 5.35. The van der Waals surface area contributed by atoms with E-state index in [0.29, 0.717) is 23.0 Å². The van der Waals surface area contributed by atoms with Crippen LogP contribution in [0.2, 0.25) is 0 Å². The number of rotatable bonds is 5. The van der Waals surface area contributed by atoms with Crippen molar-refractivity contribution >= 4 is 28.2 Å². The summed E-state index contributed by atoms with van der Waals surface area (Å²) in [7, 11) is 3.21. The molecule has 0 saturated carbocycles. The zero-order valence-corrected chi connectivity index (χ0v) is 15.2. The van der Waals surface area contributed by atoms with Crippen molar-refractivity contribution in [1.82, 2.24) is 19.6 Å². The van der Waals surface area contributed by atoms with Gasteiger partial charge in [-0.3, -0.25) is 9.83 Å². The molecular formula is C19H18N6O2. The Balaban J connectivity index is 1.70. The summed E-state index contributed by atoms with van der Waals surface area (Å²) in [6.45, 7) is 1.90. The van der Waals surface area contributed by atoms with Crippen molar-refractivity contribution in [3.05, 3.63) is 54.4 Å². The van der Waals surface area contributed by atoms with Crippen LogP contribution in [0.1, 0.15) is 12.5 Å². The molecule has 0 bridgehead atoms. The molecule has 4 rings (SSSR count). The maximum atomic E-state index is 5.35. The van der Waals surface area contributed by atoms with Gasteiger partial charge in [-0.05, 0) is 37.3 Å². The van der Waals surface area contributed by atoms with Gasteiger partial charge < -0.3 is 9.47 Å². The van der Waals surface area contributed by atoms with Crippen molar-refractivity contribution in [2.75, 3.05) is 19.6 Å². The van der Waals surface area contributed by atoms with Crippen LogP contribution in [-0.4, -0.2) is 39.5 Å². The van der Waals surface area contributed by atoms with Crippen molar-refractivity contribution in [2.24, 2.45) is 5.10 Å². The lowest BCUT2D eigenvalue weighted by Crippen LogP contribution is -2.04. The van der Waals surface area contributed by atoms with E-state index in [9.17, 15) is 0 Å². The van der Waals surface area contributed by atoms with Crippen LogP contribution in [0, 0.1) is 0 Å². The van der Waals surface area contributed by atoms with E-state index in [-0.39, 0.29) is 0 Å². The predicted molar refractivity (Wildman–Crippen MR) is 104 cm³/mol. The summed E-state index contributed by atoms with van der Waals surface area (Å²) in [5.41, 5.74) is 7.05. The summed E-state index contributed by atoms with van der Waals surface area (Å²) in [6, 6.07) is 13.4. The first-order valence-electron chi connectivity index (χ1n) is 8.32. The molecule has 0 unspecified atom stereocenters. The van der Waals surface area contributed by atoms with Crippen molar-refractivity contribution in [2.45, 2.75) is 6.92 Å². The summed E-state index contributed by atoms with van der Waals surface area (Å²) < 4.78 is 12.5. The number of fused-ring (bicyclic) bond motifs is 3. The normalized spacial score (nSPS) is 11.7. The van der Waals surface area contributed by atoms with Crippen LogP contribution >= 0.6 is 0 Å². The van der Waals surface area contributed by atoms with E-state index in [1.54, 1.807) is 20.5 Å². The molecule has 8 heteroatoms. The highest BCUT2D eigenvalue weighted by Crippen LogP contribution is 2.28. The molecule has 0 spiro atoms. The molecule has 0 radical (unpaired) electrons. The van der Waals surface area contributed by atoms with E-state index in [4.69, 9.17) is 9.47 Å². The third-order valence-electron chi connectivity index (χ3n) is 4.26. The smallest absolute Gasteiger partial charge is 0.205 e. The molecule has 27 heavy (non-hydrogen) atoms. The van der Waals surface area contributed by atoms with Crippen LogP contribution in [0.25, 0.3) is 16.7 Å². The molecular weight excluding hydrogens is 344 g/mol. The number of para-hydroxylation sites is 2. The average Bonchev–Trinajstić information content (AvgIpc) is 3.21. The molecule has 0 aliphatic carbocycles. The Morgan fingerprint density at radius 1 is 1.07 bits per heavy atom. The monoisotopic (exact) mass is 362 g/mol. The SMILES string of the molecule is COc1ccc(/C(C)=N/Nc2nc3ccccc3n3cnnc23)cc1OC. The standard InChI is InChI=1S/C19H18N6O2/c1-12(13-8-9-16(26-2)17(10-13)27-3)22-23-18-19-24-20-11-25(19)15-7-5-4-6-14(15)21-18/h4-11H,1-3H3,(H,21,23)/b22-12+. The molecule has 8 nitrogen and oxygen atoms in total. The number of benzene rings is 2. The van der Waals surface area contributed by atoms with Crippen LogP contribution in [0.4, 0.5) is 5.82 Å². The minimum atomic E-state index is 0.533. The molecule has 0 saturated heterocycles. The van der Waals surface area contributed by atoms with Gasteiger partial charge in [0.15, 0.2) is 17.3 Å². The zero-order valence-electron chi connectivity index (χ0n) is 15.2. The number of anilines is 1. The lowest BCUT2D eigenvalue weighted by Gasteiger charge is -2.10. The Bertz CT molecular complexity index is 1150. The number of ether oxygens (including phenoxy) is 2. The maximum Gasteiger partial charge on any atom is 0.205 e. The first kappa shape index (κ1) is 16.8. The van der Waals surface area contributed by atoms with E-state index < -0.39 is 0 Å². The van der Waals surface area contributed by atoms with Gasteiger partial charge in [0.2, 0.25) is 5.65 Å². The van der Waals surface area contributed by atoms with E-state index >= 15 is 0 Å². The van der Waals surface area contributed by atoms with Crippen LogP contribution in [0.3, 0.4) is 0 Å². The fourth-order valence-electron chi connectivity index (χ4n) is 2.84. The first-order chi connectivity index (χ1) is 13.2. The van der Waals surface area contributed by atoms with Gasteiger partial charge in [0, 0.05) is 5.56 Å². The van der Waals surface area contributed by atoms with E-state index in [0.717, 1.165) is 22.3 Å². The molecule has 1 N–H and O–H groups in total. The second kappa shape index (κ2) is 6.91. The van der Waals surface area contributed by atoms with Crippen LogP contribution in [-0.2, 0) is 0 Å². The number of hydrazone groups is 1. The molecule has 2 aromatic heterocycles. The number of nitrogens with zero attached hydrogens (tertiary/aromatic N) is 5. The number of methoxy groups -OCH3 is 2. The van der Waals surface area contributed by atoms with Gasteiger partial charge in [-0.1, -0.05) is 12.1 Å². The highest BCUT2D eigenvalue weighted by atomic mass is 16.5. The Kier molecular flexibility index (Phi) is 4.29. The first-order valence-corrected chi connectivity index (χ1v) is 8.32. The zero-order chi connectivity index (χ0) is 18.8. The second-order valence-corrected chi connectivity index (χ2v) is 5.85. The summed E-state index contributed by atoms with van der Waals surface area (Å²) in [6.07, 6.45) is 1.66. The highest BCUT2D eigenvalue weighted by Gasteiger charge is 2.10. The summed E-state index contributed by atoms with van der Waals surface area (Å²) in [5.74, 6) is 1.85. The van der Waals surface area contributed by atoms with Gasteiger partial charge in [-0.25, -0.2) is 4.98 Å². The van der Waals surface area contributed by atoms with Crippen LogP contribution in [0.15, 0.2) is 53.9 Å². The minimum Gasteiger partial charge on any atom is -0.493 e. The Morgan fingerprint density at radius 3 is 2.70 bits per heavy atom. The number of aromatic nitrogens is 4. The summed E-state index contributed by atoms with van der Waals surface area (Å²) in [5, 5.41) is 12.6. The van der Waals surface area contributed by atoms with E-state index in [1.165, 1.54) is 0 Å². The fourth-order valence-corrected chi connectivity index (χ4v) is 2.84. The summed E-state index contributed by atoms with van der Waals surface area (Å²) >= 11 is 0. The lowest BCUT2D eigenvalue weighted by atomic mass is 10.1. The molecule has 2 heterocycles. The largest absolute Gasteiger partial charge is 0.493 e. The van der Waals surface area contributed by atoms with Crippen LogP contribution in [0.5, 0.6) is 11.5 Å². The summed E-state index contributed by atoms with van der Waals surface area (Å²) in [4.78, 5) is 4.62. The molecule has 0 amide bonds. The fraction of sp³-hybridized carbons (Fsp3) is 0.158. The minimum absolute atomic E-state index is 0.533. The van der Waals surface area contributed by atoms with Gasteiger partial charge in [0.25, 0.3) is 0 Å². The quantitative estimate of drug-likeness (QED) is 0.434. The number of nitrogens with one attached hydrogen (secondary N) is 1. The Labute approximate surface area is 155 Å². The molecule has 0 fully saturated rings. The predicted octanol–water partition coefficient (Wildman–Crippen LogP) is 3.13. The van der Waals surface area contributed by atoms with Gasteiger partial charge in [0.05, 0.1) is 31.0 Å². The van der Waals surface area contributed by atoms with Gasteiger partial charge in [-0.2, -0.15) is 5.10 Å². The molecule has 2 aromatic carbocycles.